The monoisotopic (exact) mass is 242 g/mol. The van der Waals surface area contributed by atoms with Crippen molar-refractivity contribution in [3.63, 3.8) is 0 Å². The van der Waals surface area contributed by atoms with E-state index in [9.17, 15) is 4.79 Å². The van der Waals surface area contributed by atoms with Gasteiger partial charge in [-0.3, -0.25) is 4.79 Å². The highest BCUT2D eigenvalue weighted by Gasteiger charge is 2.29. The lowest BCUT2D eigenvalue weighted by Gasteiger charge is -2.05. The van der Waals surface area contributed by atoms with Crippen LogP contribution in [0, 0.1) is 5.92 Å². The molecule has 2 heterocycles. The first-order chi connectivity index (χ1) is 8.83. The van der Waals surface area contributed by atoms with E-state index in [1.165, 1.54) is 0 Å². The highest BCUT2D eigenvalue weighted by atomic mass is 16.2. The molecule has 1 aliphatic rings. The van der Waals surface area contributed by atoms with Gasteiger partial charge in [-0.2, -0.15) is 5.10 Å². The molecular weight excluding hydrogens is 228 g/mol. The highest BCUT2D eigenvalue weighted by molar-refractivity contribution is 5.80. The second kappa shape index (κ2) is 4.60. The normalized spacial score (nSPS) is 14.4. The van der Waals surface area contributed by atoms with Crippen LogP contribution in [0.1, 0.15) is 18.4 Å². The molecule has 0 aromatic carbocycles. The van der Waals surface area contributed by atoms with Gasteiger partial charge in [0.25, 0.3) is 0 Å². The lowest BCUT2D eigenvalue weighted by molar-refractivity contribution is -0.122. The number of nitrogens with zero attached hydrogens (tertiary/aromatic N) is 3. The molecule has 1 aliphatic carbocycles. The molecular formula is C13H14N4O. The van der Waals surface area contributed by atoms with E-state index < -0.39 is 0 Å². The Hall–Kier alpha value is -2.17. The molecule has 5 nitrogen and oxygen atoms in total. The molecule has 1 saturated carbocycles. The van der Waals surface area contributed by atoms with Gasteiger partial charge in [0.1, 0.15) is 0 Å². The van der Waals surface area contributed by atoms with Crippen molar-refractivity contribution >= 4 is 5.91 Å². The summed E-state index contributed by atoms with van der Waals surface area (Å²) in [4.78, 5) is 15.8. The highest BCUT2D eigenvalue weighted by Crippen LogP contribution is 2.28. The van der Waals surface area contributed by atoms with Crippen LogP contribution in [0.2, 0.25) is 0 Å². The van der Waals surface area contributed by atoms with Crippen molar-refractivity contribution in [2.75, 3.05) is 0 Å². The van der Waals surface area contributed by atoms with E-state index in [0.29, 0.717) is 6.54 Å². The van der Waals surface area contributed by atoms with E-state index in [1.807, 2.05) is 24.4 Å². The third kappa shape index (κ3) is 2.40. The van der Waals surface area contributed by atoms with Crippen LogP contribution in [-0.4, -0.2) is 20.7 Å². The van der Waals surface area contributed by atoms with Gasteiger partial charge in [-0.15, -0.1) is 0 Å². The summed E-state index contributed by atoms with van der Waals surface area (Å²) in [5, 5.41) is 7.02. The van der Waals surface area contributed by atoms with Gasteiger partial charge < -0.3 is 5.32 Å². The largest absolute Gasteiger partial charge is 0.352 e. The minimum Gasteiger partial charge on any atom is -0.352 e. The predicted octanol–water partition coefficient (Wildman–Crippen LogP) is 1.29. The van der Waals surface area contributed by atoms with Crippen molar-refractivity contribution < 1.29 is 4.79 Å². The number of carbonyl (C=O) groups is 1. The van der Waals surface area contributed by atoms with Crippen LogP contribution in [0.25, 0.3) is 5.82 Å². The molecule has 0 saturated heterocycles. The first-order valence-electron chi connectivity index (χ1n) is 6.05. The van der Waals surface area contributed by atoms with Crippen LogP contribution in [0.4, 0.5) is 0 Å². The maximum Gasteiger partial charge on any atom is 0.223 e. The molecule has 0 bridgehead atoms. The molecule has 0 unspecified atom stereocenters. The molecule has 92 valence electrons. The Morgan fingerprint density at radius 3 is 2.94 bits per heavy atom. The average molecular weight is 242 g/mol. The summed E-state index contributed by atoms with van der Waals surface area (Å²) < 4.78 is 1.70. The van der Waals surface area contributed by atoms with Gasteiger partial charge in [0.2, 0.25) is 5.91 Å². The van der Waals surface area contributed by atoms with Crippen molar-refractivity contribution in [2.45, 2.75) is 19.4 Å². The number of amides is 1. The van der Waals surface area contributed by atoms with Crippen molar-refractivity contribution in [3.8, 4) is 5.82 Å². The van der Waals surface area contributed by atoms with E-state index in [4.69, 9.17) is 0 Å². The van der Waals surface area contributed by atoms with Crippen LogP contribution in [-0.2, 0) is 11.3 Å². The third-order valence-corrected chi connectivity index (χ3v) is 2.96. The zero-order chi connectivity index (χ0) is 12.4. The fourth-order valence-corrected chi connectivity index (χ4v) is 1.74. The number of pyridine rings is 1. The SMILES string of the molecule is O=C(NCc1ccc(-n2cccn2)nc1)C1CC1. The first-order valence-corrected chi connectivity index (χ1v) is 6.05. The molecule has 3 rings (SSSR count). The van der Waals surface area contributed by atoms with Crippen LogP contribution >= 0.6 is 0 Å². The fourth-order valence-electron chi connectivity index (χ4n) is 1.74. The van der Waals surface area contributed by atoms with Gasteiger partial charge in [-0.05, 0) is 30.5 Å². The summed E-state index contributed by atoms with van der Waals surface area (Å²) in [7, 11) is 0. The van der Waals surface area contributed by atoms with Gasteiger partial charge in [0, 0.05) is 31.1 Å². The topological polar surface area (TPSA) is 59.8 Å². The Balaban J connectivity index is 1.62. The van der Waals surface area contributed by atoms with E-state index in [-0.39, 0.29) is 11.8 Å². The van der Waals surface area contributed by atoms with Gasteiger partial charge in [0.05, 0.1) is 0 Å². The molecule has 2 aromatic rings. The standard InChI is InChI=1S/C13H14N4O/c18-13(11-3-4-11)15-9-10-2-5-12(14-8-10)17-7-1-6-16-17/h1-2,5-8,11H,3-4,9H2,(H,15,18). The summed E-state index contributed by atoms with van der Waals surface area (Å²) in [6, 6.07) is 5.70. The summed E-state index contributed by atoms with van der Waals surface area (Å²) >= 11 is 0. The minimum absolute atomic E-state index is 0.158. The zero-order valence-corrected chi connectivity index (χ0v) is 9.91. The summed E-state index contributed by atoms with van der Waals surface area (Å²) in [5.41, 5.74) is 1.000. The molecule has 1 fully saturated rings. The Morgan fingerprint density at radius 1 is 1.44 bits per heavy atom. The zero-order valence-electron chi connectivity index (χ0n) is 9.91. The minimum atomic E-state index is 0.158. The number of nitrogens with one attached hydrogen (secondary N) is 1. The third-order valence-electron chi connectivity index (χ3n) is 2.96. The van der Waals surface area contributed by atoms with Gasteiger partial charge >= 0.3 is 0 Å². The second-order valence-electron chi connectivity index (χ2n) is 4.47. The molecule has 0 radical (unpaired) electrons. The van der Waals surface area contributed by atoms with E-state index in [1.54, 1.807) is 17.1 Å². The number of hydrogen-bond donors (Lipinski definition) is 1. The molecule has 18 heavy (non-hydrogen) atoms. The van der Waals surface area contributed by atoms with Gasteiger partial charge in [-0.1, -0.05) is 6.07 Å². The molecule has 5 heteroatoms. The maximum absolute atomic E-state index is 11.5. The van der Waals surface area contributed by atoms with Gasteiger partial charge in [0.15, 0.2) is 5.82 Å². The van der Waals surface area contributed by atoms with E-state index in [2.05, 4.69) is 15.4 Å². The Kier molecular flexibility index (Phi) is 2.80. The van der Waals surface area contributed by atoms with Crippen molar-refractivity contribution in [1.82, 2.24) is 20.1 Å². The number of rotatable bonds is 4. The molecule has 0 aliphatic heterocycles. The molecule has 0 atom stereocenters. The Bertz CT molecular complexity index is 529. The van der Waals surface area contributed by atoms with E-state index >= 15 is 0 Å². The maximum atomic E-state index is 11.5. The van der Waals surface area contributed by atoms with Crippen molar-refractivity contribution in [3.05, 3.63) is 42.4 Å². The van der Waals surface area contributed by atoms with Crippen LogP contribution in [0.3, 0.4) is 0 Å². The first kappa shape index (κ1) is 11.0. The average Bonchev–Trinajstić information content (AvgIpc) is 3.12. The smallest absolute Gasteiger partial charge is 0.223 e. The van der Waals surface area contributed by atoms with Crippen LogP contribution in [0.5, 0.6) is 0 Å². The van der Waals surface area contributed by atoms with Crippen molar-refractivity contribution in [2.24, 2.45) is 5.92 Å². The molecule has 1 amide bonds. The van der Waals surface area contributed by atoms with Crippen molar-refractivity contribution in [1.29, 1.82) is 0 Å². The molecule has 0 spiro atoms. The van der Waals surface area contributed by atoms with Crippen LogP contribution < -0.4 is 5.32 Å². The lowest BCUT2D eigenvalue weighted by Crippen LogP contribution is -2.24. The second-order valence-corrected chi connectivity index (χ2v) is 4.47. The Morgan fingerprint density at radius 2 is 2.33 bits per heavy atom. The van der Waals surface area contributed by atoms with Crippen LogP contribution in [0.15, 0.2) is 36.8 Å². The lowest BCUT2D eigenvalue weighted by atomic mass is 10.2. The number of aromatic nitrogens is 3. The molecule has 1 N–H and O–H groups in total. The van der Waals surface area contributed by atoms with Gasteiger partial charge in [-0.25, -0.2) is 9.67 Å². The van der Waals surface area contributed by atoms with E-state index in [0.717, 1.165) is 24.2 Å². The predicted molar refractivity (Wildman–Crippen MR) is 65.9 cm³/mol. The number of hydrogen-bond acceptors (Lipinski definition) is 3. The quantitative estimate of drug-likeness (QED) is 0.879. The molecule has 2 aromatic heterocycles. The fraction of sp³-hybridized carbons (Fsp3) is 0.308. The Labute approximate surface area is 105 Å². The number of carbonyl (C=O) groups excluding carboxylic acids is 1. The summed E-state index contributed by atoms with van der Waals surface area (Å²) in [5.74, 6) is 1.18. The summed E-state index contributed by atoms with van der Waals surface area (Å²) in [6.07, 6.45) is 7.39. The summed E-state index contributed by atoms with van der Waals surface area (Å²) in [6.45, 7) is 0.543.